The number of nitriles is 1. The zero-order valence-corrected chi connectivity index (χ0v) is 8.21. The van der Waals surface area contributed by atoms with Crippen molar-refractivity contribution in [2.45, 2.75) is 12.8 Å². The molecule has 0 amide bonds. The van der Waals surface area contributed by atoms with Gasteiger partial charge in [0.25, 0.3) is 0 Å². The minimum Gasteiger partial charge on any atom is -0.198 e. The van der Waals surface area contributed by atoms with Crippen LogP contribution in [0.1, 0.15) is 12.0 Å². The molecule has 0 bridgehead atoms. The van der Waals surface area contributed by atoms with Crippen molar-refractivity contribution < 1.29 is 0 Å². The van der Waals surface area contributed by atoms with Crippen LogP contribution < -0.4 is 0 Å². The lowest BCUT2D eigenvalue weighted by molar-refractivity contribution is 1.01. The van der Waals surface area contributed by atoms with Crippen LogP contribution in [0.5, 0.6) is 0 Å². The Balaban J connectivity index is 2.65. The molecule has 0 unspecified atom stereocenters. The third-order valence-corrected chi connectivity index (χ3v) is 2.09. The standard InChI is InChI=1S/C9H8IN/c10-9-5-1-3-8(7-9)4-2-6-11/h1,3,5,7H,2,4H2. The Morgan fingerprint density at radius 2 is 2.27 bits per heavy atom. The molecular weight excluding hydrogens is 249 g/mol. The average Bonchev–Trinajstić information content (AvgIpc) is 2.01. The van der Waals surface area contributed by atoms with Crippen molar-refractivity contribution in [3.05, 3.63) is 33.4 Å². The molecular formula is C9H8IN. The zero-order valence-electron chi connectivity index (χ0n) is 6.05. The average molecular weight is 257 g/mol. The molecule has 56 valence electrons. The first-order valence-electron chi connectivity index (χ1n) is 3.44. The van der Waals surface area contributed by atoms with Crippen LogP contribution in [0.2, 0.25) is 0 Å². The summed E-state index contributed by atoms with van der Waals surface area (Å²) >= 11 is 2.27. The largest absolute Gasteiger partial charge is 0.198 e. The molecule has 2 heteroatoms. The number of hydrogen-bond donors (Lipinski definition) is 0. The Kier molecular flexibility index (Phi) is 3.37. The number of benzene rings is 1. The Labute approximate surface area is 80.2 Å². The first-order valence-corrected chi connectivity index (χ1v) is 4.52. The first kappa shape index (κ1) is 8.54. The maximum absolute atomic E-state index is 8.34. The van der Waals surface area contributed by atoms with E-state index < -0.39 is 0 Å². The van der Waals surface area contributed by atoms with E-state index in [2.05, 4.69) is 46.9 Å². The summed E-state index contributed by atoms with van der Waals surface area (Å²) in [6.45, 7) is 0. The number of halogens is 1. The van der Waals surface area contributed by atoms with Gasteiger partial charge < -0.3 is 0 Å². The van der Waals surface area contributed by atoms with Crippen molar-refractivity contribution in [2.75, 3.05) is 0 Å². The number of nitrogens with zero attached hydrogens (tertiary/aromatic N) is 1. The molecule has 0 aromatic heterocycles. The fraction of sp³-hybridized carbons (Fsp3) is 0.222. The SMILES string of the molecule is N#CCCc1cccc(I)c1. The number of hydrogen-bond acceptors (Lipinski definition) is 1. The van der Waals surface area contributed by atoms with Crippen LogP contribution in [0, 0.1) is 14.9 Å². The van der Waals surface area contributed by atoms with Crippen LogP contribution in [-0.2, 0) is 6.42 Å². The zero-order chi connectivity index (χ0) is 8.10. The molecule has 0 heterocycles. The van der Waals surface area contributed by atoms with Gasteiger partial charge in [0.05, 0.1) is 6.07 Å². The van der Waals surface area contributed by atoms with E-state index in [1.54, 1.807) is 0 Å². The molecule has 1 rings (SSSR count). The fourth-order valence-corrected chi connectivity index (χ4v) is 1.50. The highest BCUT2D eigenvalue weighted by atomic mass is 127. The van der Waals surface area contributed by atoms with Gasteiger partial charge in [-0.25, -0.2) is 0 Å². The van der Waals surface area contributed by atoms with E-state index in [0.717, 1.165) is 6.42 Å². The molecule has 0 aliphatic carbocycles. The summed E-state index contributed by atoms with van der Waals surface area (Å²) in [4.78, 5) is 0. The van der Waals surface area contributed by atoms with Crippen LogP contribution in [0.15, 0.2) is 24.3 Å². The summed E-state index contributed by atoms with van der Waals surface area (Å²) < 4.78 is 1.23. The quantitative estimate of drug-likeness (QED) is 0.747. The number of aryl methyl sites for hydroxylation is 1. The molecule has 1 aromatic rings. The van der Waals surface area contributed by atoms with Gasteiger partial charge in [0.2, 0.25) is 0 Å². The van der Waals surface area contributed by atoms with Crippen LogP contribution in [0.4, 0.5) is 0 Å². The van der Waals surface area contributed by atoms with E-state index in [-0.39, 0.29) is 0 Å². The van der Waals surface area contributed by atoms with Crippen molar-refractivity contribution in [3.63, 3.8) is 0 Å². The lowest BCUT2D eigenvalue weighted by Gasteiger charge is -1.96. The van der Waals surface area contributed by atoms with Crippen LogP contribution in [0.25, 0.3) is 0 Å². The van der Waals surface area contributed by atoms with E-state index in [1.807, 2.05) is 6.07 Å². The molecule has 0 N–H and O–H groups in total. The Hall–Kier alpha value is -0.560. The molecule has 1 aromatic carbocycles. The summed E-state index contributed by atoms with van der Waals surface area (Å²) in [6.07, 6.45) is 1.48. The maximum Gasteiger partial charge on any atom is 0.0625 e. The van der Waals surface area contributed by atoms with Crippen molar-refractivity contribution in [1.82, 2.24) is 0 Å². The van der Waals surface area contributed by atoms with E-state index >= 15 is 0 Å². The highest BCUT2D eigenvalue weighted by Gasteiger charge is 1.91. The van der Waals surface area contributed by atoms with E-state index in [1.165, 1.54) is 9.13 Å². The molecule has 0 aliphatic heterocycles. The third kappa shape index (κ3) is 2.89. The molecule has 1 nitrogen and oxygen atoms in total. The molecule has 0 saturated carbocycles. The van der Waals surface area contributed by atoms with Gasteiger partial charge in [0, 0.05) is 9.99 Å². The second-order valence-corrected chi connectivity index (χ2v) is 3.53. The predicted molar refractivity (Wildman–Crippen MR) is 53.1 cm³/mol. The minimum absolute atomic E-state index is 0.611. The van der Waals surface area contributed by atoms with Crippen LogP contribution in [0.3, 0.4) is 0 Å². The summed E-state index contributed by atoms with van der Waals surface area (Å²) in [5.74, 6) is 0. The summed E-state index contributed by atoms with van der Waals surface area (Å²) in [6, 6.07) is 10.4. The second-order valence-electron chi connectivity index (χ2n) is 2.29. The Morgan fingerprint density at radius 3 is 2.91 bits per heavy atom. The molecule has 0 fully saturated rings. The number of rotatable bonds is 2. The molecule has 0 spiro atoms. The summed E-state index contributed by atoms with van der Waals surface area (Å²) in [5, 5.41) is 8.34. The van der Waals surface area contributed by atoms with Gasteiger partial charge >= 0.3 is 0 Å². The van der Waals surface area contributed by atoms with Crippen molar-refractivity contribution >= 4 is 22.6 Å². The van der Waals surface area contributed by atoms with Crippen molar-refractivity contribution in [3.8, 4) is 6.07 Å². The second kappa shape index (κ2) is 4.35. The van der Waals surface area contributed by atoms with Gasteiger partial charge in [-0.3, -0.25) is 0 Å². The van der Waals surface area contributed by atoms with E-state index in [4.69, 9.17) is 5.26 Å². The Bertz CT molecular complexity index is 275. The summed E-state index contributed by atoms with van der Waals surface area (Å²) in [5.41, 5.74) is 1.25. The van der Waals surface area contributed by atoms with Gasteiger partial charge in [-0.05, 0) is 46.7 Å². The monoisotopic (exact) mass is 257 g/mol. The van der Waals surface area contributed by atoms with E-state index in [9.17, 15) is 0 Å². The summed E-state index contributed by atoms with van der Waals surface area (Å²) in [7, 11) is 0. The lowest BCUT2D eigenvalue weighted by atomic mass is 10.1. The van der Waals surface area contributed by atoms with Crippen LogP contribution >= 0.6 is 22.6 Å². The Morgan fingerprint density at radius 1 is 1.45 bits per heavy atom. The van der Waals surface area contributed by atoms with Gasteiger partial charge in [-0.15, -0.1) is 0 Å². The smallest absolute Gasteiger partial charge is 0.0625 e. The lowest BCUT2D eigenvalue weighted by Crippen LogP contribution is -1.83. The highest BCUT2D eigenvalue weighted by Crippen LogP contribution is 2.08. The first-order chi connectivity index (χ1) is 5.33. The topological polar surface area (TPSA) is 23.8 Å². The van der Waals surface area contributed by atoms with E-state index in [0.29, 0.717) is 6.42 Å². The molecule has 0 atom stereocenters. The van der Waals surface area contributed by atoms with Gasteiger partial charge in [-0.2, -0.15) is 5.26 Å². The molecule has 0 saturated heterocycles. The highest BCUT2D eigenvalue weighted by molar-refractivity contribution is 14.1. The minimum atomic E-state index is 0.611. The van der Waals surface area contributed by atoms with Crippen molar-refractivity contribution in [2.24, 2.45) is 0 Å². The van der Waals surface area contributed by atoms with Crippen LogP contribution in [-0.4, -0.2) is 0 Å². The maximum atomic E-state index is 8.34. The van der Waals surface area contributed by atoms with Gasteiger partial charge in [0.15, 0.2) is 0 Å². The normalized spacial score (nSPS) is 9.09. The molecule has 0 aliphatic rings. The van der Waals surface area contributed by atoms with Gasteiger partial charge in [-0.1, -0.05) is 12.1 Å². The molecule has 0 radical (unpaired) electrons. The van der Waals surface area contributed by atoms with Crippen molar-refractivity contribution in [1.29, 1.82) is 5.26 Å². The fourth-order valence-electron chi connectivity index (χ4n) is 0.893. The van der Waals surface area contributed by atoms with Gasteiger partial charge in [0.1, 0.15) is 0 Å². The predicted octanol–water partition coefficient (Wildman–Crippen LogP) is 2.75. The molecule has 11 heavy (non-hydrogen) atoms. The third-order valence-electron chi connectivity index (χ3n) is 1.41.